The van der Waals surface area contributed by atoms with E-state index in [0.29, 0.717) is 0 Å². The molecule has 0 amide bonds. The van der Waals surface area contributed by atoms with Crippen LogP contribution in [0.5, 0.6) is 0 Å². The highest BCUT2D eigenvalue weighted by atomic mass is 16.1. The number of nitrogens with two attached hydrogens (primary N) is 1. The monoisotopic (exact) mass is 97.1 g/mol. The lowest BCUT2D eigenvalue weighted by Gasteiger charge is -2.18. The zero-order valence-electron chi connectivity index (χ0n) is 3.87. The van der Waals surface area contributed by atoms with Gasteiger partial charge in [-0.2, -0.15) is 0 Å². The summed E-state index contributed by atoms with van der Waals surface area (Å²) in [4.78, 5) is 9.87. The van der Waals surface area contributed by atoms with Gasteiger partial charge in [-0.15, -0.1) is 0 Å². The average Bonchev–Trinajstić information content (AvgIpc) is 1.65. The molecule has 1 rings (SSSR count). The quantitative estimate of drug-likeness (QED) is 0.360. The molecule has 0 aromatic heterocycles. The topological polar surface area (TPSA) is 43.1 Å². The Morgan fingerprint density at radius 2 is 2.29 bits per heavy atom. The van der Waals surface area contributed by atoms with Gasteiger partial charge >= 0.3 is 0 Å². The highest BCUT2D eigenvalue weighted by molar-refractivity contribution is 5.61. The van der Waals surface area contributed by atoms with Crippen LogP contribution in [0.1, 0.15) is 0 Å². The van der Waals surface area contributed by atoms with E-state index < -0.39 is 0 Å². The Labute approximate surface area is 42.0 Å². The van der Waals surface area contributed by atoms with Crippen LogP contribution in [0.25, 0.3) is 0 Å². The Balaban J connectivity index is 2.48. The molecule has 2 N–H and O–H groups in total. The molecule has 0 saturated heterocycles. The smallest absolute Gasteiger partial charge is 0.128 e. The average molecular weight is 97.1 g/mol. The molecule has 0 spiro atoms. The molecule has 7 heavy (non-hydrogen) atoms. The number of hydrogen-bond donors (Lipinski definition) is 1. The molecule has 0 aromatic carbocycles. The van der Waals surface area contributed by atoms with Gasteiger partial charge in [0, 0.05) is 6.04 Å². The maximum Gasteiger partial charge on any atom is 0.128 e. The summed E-state index contributed by atoms with van der Waals surface area (Å²) >= 11 is 0. The van der Waals surface area contributed by atoms with Gasteiger partial charge in [-0.1, -0.05) is 12.2 Å². The Morgan fingerprint density at radius 1 is 1.57 bits per heavy atom. The first kappa shape index (κ1) is 4.53. The van der Waals surface area contributed by atoms with Crippen molar-refractivity contribution >= 4 is 6.29 Å². The van der Waals surface area contributed by atoms with Crippen LogP contribution < -0.4 is 5.73 Å². The third-order valence-electron chi connectivity index (χ3n) is 1.16. The summed E-state index contributed by atoms with van der Waals surface area (Å²) in [6, 6.07) is -0.00231. The minimum atomic E-state index is -0.00231. The van der Waals surface area contributed by atoms with Crippen LogP contribution >= 0.6 is 0 Å². The van der Waals surface area contributed by atoms with E-state index in [4.69, 9.17) is 5.73 Å². The van der Waals surface area contributed by atoms with Gasteiger partial charge in [0.2, 0.25) is 0 Å². The zero-order valence-corrected chi connectivity index (χ0v) is 3.87. The molecule has 0 aromatic rings. The third kappa shape index (κ3) is 0.567. The fourth-order valence-corrected chi connectivity index (χ4v) is 0.504. The van der Waals surface area contributed by atoms with Gasteiger partial charge in [-0.05, 0) is 0 Å². The second kappa shape index (κ2) is 1.46. The number of carbonyl (C=O) groups is 1. The highest BCUT2D eigenvalue weighted by Crippen LogP contribution is 2.11. The van der Waals surface area contributed by atoms with Crippen molar-refractivity contribution in [2.75, 3.05) is 0 Å². The fraction of sp³-hybridized carbons (Fsp3) is 0.400. The number of aldehydes is 1. The normalized spacial score (nSPS) is 37.3. The molecule has 1 aliphatic carbocycles. The van der Waals surface area contributed by atoms with E-state index in [1.54, 1.807) is 6.08 Å². The molecular formula is C5H7NO. The highest BCUT2D eigenvalue weighted by Gasteiger charge is 2.17. The summed E-state index contributed by atoms with van der Waals surface area (Å²) in [5.41, 5.74) is 5.32. The van der Waals surface area contributed by atoms with Crippen LogP contribution in [0, 0.1) is 5.92 Å². The van der Waals surface area contributed by atoms with Crippen molar-refractivity contribution in [3.05, 3.63) is 12.2 Å². The van der Waals surface area contributed by atoms with E-state index in [9.17, 15) is 4.79 Å². The van der Waals surface area contributed by atoms with E-state index in [1.807, 2.05) is 6.08 Å². The molecule has 1 aliphatic rings. The molecule has 2 atom stereocenters. The van der Waals surface area contributed by atoms with E-state index in [0.717, 1.165) is 6.29 Å². The minimum Gasteiger partial charge on any atom is -0.324 e. The first-order chi connectivity index (χ1) is 3.34. The van der Waals surface area contributed by atoms with Crippen molar-refractivity contribution in [2.45, 2.75) is 6.04 Å². The summed E-state index contributed by atoms with van der Waals surface area (Å²) in [7, 11) is 0. The number of rotatable bonds is 1. The van der Waals surface area contributed by atoms with Gasteiger partial charge in [0.25, 0.3) is 0 Å². The van der Waals surface area contributed by atoms with Crippen molar-refractivity contribution in [1.29, 1.82) is 0 Å². The summed E-state index contributed by atoms with van der Waals surface area (Å²) in [5.74, 6) is -0.000000000000000222. The molecule has 0 heterocycles. The molecule has 2 heteroatoms. The molecule has 0 radical (unpaired) electrons. The van der Waals surface area contributed by atoms with E-state index in [2.05, 4.69) is 0 Å². The third-order valence-corrected chi connectivity index (χ3v) is 1.16. The predicted molar refractivity (Wildman–Crippen MR) is 26.7 cm³/mol. The van der Waals surface area contributed by atoms with Gasteiger partial charge in [0.1, 0.15) is 6.29 Å². The van der Waals surface area contributed by atoms with Crippen molar-refractivity contribution in [3.8, 4) is 0 Å². The lowest BCUT2D eigenvalue weighted by atomic mass is 9.92. The molecule has 0 saturated carbocycles. The molecule has 0 aliphatic heterocycles. The van der Waals surface area contributed by atoms with Gasteiger partial charge < -0.3 is 10.5 Å². The van der Waals surface area contributed by atoms with Crippen molar-refractivity contribution < 1.29 is 4.79 Å². The van der Waals surface area contributed by atoms with Crippen molar-refractivity contribution in [3.63, 3.8) is 0 Å². The van der Waals surface area contributed by atoms with E-state index in [-0.39, 0.29) is 12.0 Å². The molecule has 38 valence electrons. The first-order valence-electron chi connectivity index (χ1n) is 2.24. The standard InChI is InChI=1S/C5H7NO/c6-5-2-1-4(5)3-7/h1-5H,6H2/t4-,5-/m0/s1. The minimum absolute atomic E-state index is 0.000000000000000222. The molecule has 0 unspecified atom stereocenters. The predicted octanol–water partition coefficient (Wildman–Crippen LogP) is -0.301. The van der Waals surface area contributed by atoms with Crippen LogP contribution in [0.2, 0.25) is 0 Å². The molecule has 2 nitrogen and oxygen atoms in total. The lowest BCUT2D eigenvalue weighted by molar-refractivity contribution is -0.110. The van der Waals surface area contributed by atoms with Crippen LogP contribution in [-0.4, -0.2) is 12.3 Å². The van der Waals surface area contributed by atoms with Crippen molar-refractivity contribution in [1.82, 2.24) is 0 Å². The maximum absolute atomic E-state index is 9.87. The van der Waals surface area contributed by atoms with Crippen LogP contribution in [-0.2, 0) is 4.79 Å². The zero-order chi connectivity index (χ0) is 5.28. The van der Waals surface area contributed by atoms with Gasteiger partial charge in [-0.3, -0.25) is 0 Å². The Morgan fingerprint density at radius 3 is 2.29 bits per heavy atom. The Kier molecular flexibility index (Phi) is 0.947. The first-order valence-corrected chi connectivity index (χ1v) is 2.24. The van der Waals surface area contributed by atoms with Gasteiger partial charge in [-0.25, -0.2) is 0 Å². The number of carbonyl (C=O) groups excluding carboxylic acids is 1. The van der Waals surface area contributed by atoms with Crippen LogP contribution in [0.3, 0.4) is 0 Å². The molecule has 0 bridgehead atoms. The summed E-state index contributed by atoms with van der Waals surface area (Å²) < 4.78 is 0. The molecule has 0 fully saturated rings. The summed E-state index contributed by atoms with van der Waals surface area (Å²) in [6.07, 6.45) is 4.49. The SMILES string of the molecule is N[C@H]1C=C[C@H]1C=O. The van der Waals surface area contributed by atoms with E-state index >= 15 is 0 Å². The van der Waals surface area contributed by atoms with E-state index in [1.165, 1.54) is 0 Å². The maximum atomic E-state index is 9.87. The molecular weight excluding hydrogens is 90.1 g/mol. The fourth-order valence-electron chi connectivity index (χ4n) is 0.504. The second-order valence-corrected chi connectivity index (χ2v) is 1.68. The van der Waals surface area contributed by atoms with Gasteiger partial charge in [0.15, 0.2) is 0 Å². The second-order valence-electron chi connectivity index (χ2n) is 1.68. The largest absolute Gasteiger partial charge is 0.324 e. The summed E-state index contributed by atoms with van der Waals surface area (Å²) in [6.45, 7) is 0. The van der Waals surface area contributed by atoms with Crippen LogP contribution in [0.15, 0.2) is 12.2 Å². The van der Waals surface area contributed by atoms with Gasteiger partial charge in [0.05, 0.1) is 5.92 Å². The van der Waals surface area contributed by atoms with Crippen LogP contribution in [0.4, 0.5) is 0 Å². The Hall–Kier alpha value is -0.630. The number of hydrogen-bond acceptors (Lipinski definition) is 2. The van der Waals surface area contributed by atoms with Crippen molar-refractivity contribution in [2.24, 2.45) is 11.7 Å². The summed E-state index contributed by atoms with van der Waals surface area (Å²) in [5, 5.41) is 0. The lowest BCUT2D eigenvalue weighted by Crippen LogP contribution is -2.33. The Bertz CT molecular complexity index is 109.